The lowest BCUT2D eigenvalue weighted by Crippen LogP contribution is -2.28. The van der Waals surface area contributed by atoms with Gasteiger partial charge in [-0.15, -0.1) is 0 Å². The number of aromatic nitrogens is 4. The first-order valence-electron chi connectivity index (χ1n) is 10.7. The Kier molecular flexibility index (Phi) is 4.83. The van der Waals surface area contributed by atoms with Crippen molar-refractivity contribution in [2.75, 3.05) is 0 Å². The molecule has 5 aromatic rings. The Hall–Kier alpha value is -3.83. The summed E-state index contributed by atoms with van der Waals surface area (Å²) >= 11 is 0. The summed E-state index contributed by atoms with van der Waals surface area (Å²) in [5.74, 6) is 0. The van der Waals surface area contributed by atoms with Crippen molar-refractivity contribution in [1.82, 2.24) is 19.9 Å². The topological polar surface area (TPSA) is 80.5 Å². The molecule has 0 bridgehead atoms. The van der Waals surface area contributed by atoms with E-state index in [-0.39, 0.29) is 5.54 Å². The van der Waals surface area contributed by atoms with Gasteiger partial charge in [-0.1, -0.05) is 30.3 Å². The van der Waals surface area contributed by atoms with Crippen LogP contribution in [0.3, 0.4) is 0 Å². The predicted molar refractivity (Wildman–Crippen MR) is 130 cm³/mol. The lowest BCUT2D eigenvalue weighted by Gasteiger charge is -2.19. The summed E-state index contributed by atoms with van der Waals surface area (Å²) in [4.78, 5) is 17.3. The van der Waals surface area contributed by atoms with Crippen LogP contribution in [-0.2, 0) is 5.54 Å². The van der Waals surface area contributed by atoms with Crippen molar-refractivity contribution < 1.29 is 0 Å². The molecule has 0 atom stereocenters. The van der Waals surface area contributed by atoms with E-state index in [0.717, 1.165) is 55.9 Å². The molecule has 3 N–H and O–H groups in total. The highest BCUT2D eigenvalue weighted by Crippen LogP contribution is 2.33. The van der Waals surface area contributed by atoms with Crippen molar-refractivity contribution in [2.24, 2.45) is 5.73 Å². The number of pyridine rings is 3. The van der Waals surface area contributed by atoms with E-state index < -0.39 is 0 Å². The van der Waals surface area contributed by atoms with Crippen molar-refractivity contribution in [3.8, 4) is 33.6 Å². The summed E-state index contributed by atoms with van der Waals surface area (Å²) in [5, 5.41) is 1.06. The van der Waals surface area contributed by atoms with Gasteiger partial charge in [0.25, 0.3) is 0 Å². The largest absolute Gasteiger partial charge is 0.346 e. The van der Waals surface area contributed by atoms with E-state index in [2.05, 4.69) is 57.4 Å². The zero-order valence-corrected chi connectivity index (χ0v) is 18.4. The van der Waals surface area contributed by atoms with Crippen LogP contribution in [0.25, 0.3) is 44.7 Å². The van der Waals surface area contributed by atoms with Crippen molar-refractivity contribution in [3.05, 3.63) is 90.5 Å². The highest BCUT2D eigenvalue weighted by Gasteiger charge is 2.15. The van der Waals surface area contributed by atoms with E-state index in [1.807, 2.05) is 57.6 Å². The van der Waals surface area contributed by atoms with Gasteiger partial charge in [0.2, 0.25) is 0 Å². The van der Waals surface area contributed by atoms with Crippen LogP contribution < -0.4 is 5.73 Å². The molecule has 0 aliphatic rings. The molecular formula is C27H25N5. The lowest BCUT2D eigenvalue weighted by atomic mass is 9.93. The second-order valence-electron chi connectivity index (χ2n) is 8.72. The number of aromatic amines is 1. The van der Waals surface area contributed by atoms with Crippen LogP contribution in [0.2, 0.25) is 0 Å². The zero-order valence-electron chi connectivity index (χ0n) is 18.4. The minimum absolute atomic E-state index is 0.365. The van der Waals surface area contributed by atoms with Gasteiger partial charge in [-0.2, -0.15) is 0 Å². The number of nitrogens with zero attached hydrogens (tertiary/aromatic N) is 3. The number of H-pyrrole nitrogens is 1. The number of nitrogens with two attached hydrogens (primary N) is 1. The van der Waals surface area contributed by atoms with Gasteiger partial charge in [-0.3, -0.25) is 9.97 Å². The summed E-state index contributed by atoms with van der Waals surface area (Å²) in [5.41, 5.74) is 14.7. The van der Waals surface area contributed by atoms with Crippen LogP contribution >= 0.6 is 0 Å². The summed E-state index contributed by atoms with van der Waals surface area (Å²) in [7, 11) is 0. The highest BCUT2D eigenvalue weighted by atomic mass is 14.9. The Labute approximate surface area is 187 Å². The average Bonchev–Trinajstić information content (AvgIpc) is 3.27. The molecule has 0 aliphatic carbocycles. The first-order chi connectivity index (χ1) is 15.4. The van der Waals surface area contributed by atoms with E-state index >= 15 is 0 Å². The molecule has 5 heteroatoms. The molecule has 158 valence electrons. The van der Waals surface area contributed by atoms with Crippen molar-refractivity contribution in [3.63, 3.8) is 0 Å². The molecule has 0 amide bonds. The molecule has 4 heterocycles. The van der Waals surface area contributed by atoms with Crippen molar-refractivity contribution in [2.45, 2.75) is 26.3 Å². The summed E-state index contributed by atoms with van der Waals surface area (Å²) < 4.78 is 0. The van der Waals surface area contributed by atoms with Crippen molar-refractivity contribution >= 4 is 11.0 Å². The molecule has 0 spiro atoms. The van der Waals surface area contributed by atoms with Gasteiger partial charge in [0.1, 0.15) is 5.65 Å². The smallest absolute Gasteiger partial charge is 0.138 e. The van der Waals surface area contributed by atoms with E-state index in [0.29, 0.717) is 0 Å². The summed E-state index contributed by atoms with van der Waals surface area (Å²) in [6.45, 7) is 6.01. The maximum atomic E-state index is 6.23. The van der Waals surface area contributed by atoms with Gasteiger partial charge >= 0.3 is 0 Å². The fourth-order valence-corrected chi connectivity index (χ4v) is 3.93. The zero-order chi connectivity index (χ0) is 22.3. The van der Waals surface area contributed by atoms with E-state index in [1.54, 1.807) is 0 Å². The highest BCUT2D eigenvalue weighted by molar-refractivity contribution is 5.95. The molecular weight excluding hydrogens is 394 g/mol. The Morgan fingerprint density at radius 2 is 1.59 bits per heavy atom. The molecule has 5 nitrogen and oxygen atoms in total. The molecule has 0 fully saturated rings. The van der Waals surface area contributed by atoms with Gasteiger partial charge in [0.15, 0.2) is 0 Å². The Morgan fingerprint density at radius 1 is 0.812 bits per heavy atom. The Bertz CT molecular complexity index is 1410. The quantitative estimate of drug-likeness (QED) is 0.382. The molecule has 0 radical (unpaired) electrons. The number of nitrogens with one attached hydrogen (secondary N) is 1. The maximum Gasteiger partial charge on any atom is 0.138 e. The SMILES string of the molecule is Cc1cccc(-c2cc(-c3cncc(-c4ccc(C(C)(C)N)cc4)c3)c3cc[nH]c3n2)n1. The normalized spacial score (nSPS) is 11.8. The van der Waals surface area contributed by atoms with Gasteiger partial charge < -0.3 is 10.7 Å². The maximum absolute atomic E-state index is 6.23. The molecule has 1 aromatic carbocycles. The first kappa shape index (κ1) is 20.1. The van der Waals surface area contributed by atoms with Crippen LogP contribution in [0, 0.1) is 6.92 Å². The third-order valence-electron chi connectivity index (χ3n) is 5.69. The fourth-order valence-electron chi connectivity index (χ4n) is 3.93. The second-order valence-corrected chi connectivity index (χ2v) is 8.72. The Balaban J connectivity index is 1.61. The minimum atomic E-state index is -0.365. The molecule has 5 rings (SSSR count). The van der Waals surface area contributed by atoms with Gasteiger partial charge in [0, 0.05) is 46.3 Å². The van der Waals surface area contributed by atoms with Crippen LogP contribution in [0.5, 0.6) is 0 Å². The van der Waals surface area contributed by atoms with Crippen LogP contribution in [0.15, 0.2) is 79.3 Å². The van der Waals surface area contributed by atoms with E-state index in [9.17, 15) is 0 Å². The summed E-state index contributed by atoms with van der Waals surface area (Å²) in [6.07, 6.45) is 5.71. The van der Waals surface area contributed by atoms with E-state index in [4.69, 9.17) is 10.7 Å². The number of benzene rings is 1. The lowest BCUT2D eigenvalue weighted by molar-refractivity contribution is 0.554. The summed E-state index contributed by atoms with van der Waals surface area (Å²) in [6, 6.07) is 20.7. The number of hydrogen-bond acceptors (Lipinski definition) is 4. The molecule has 0 saturated heterocycles. The van der Waals surface area contributed by atoms with Crippen LogP contribution in [0.4, 0.5) is 0 Å². The minimum Gasteiger partial charge on any atom is -0.346 e. The first-order valence-corrected chi connectivity index (χ1v) is 10.7. The van der Waals surface area contributed by atoms with Crippen LogP contribution in [-0.4, -0.2) is 19.9 Å². The van der Waals surface area contributed by atoms with Gasteiger partial charge in [0.05, 0.1) is 11.4 Å². The molecule has 0 unspecified atom stereocenters. The molecule has 0 saturated carbocycles. The third-order valence-corrected chi connectivity index (χ3v) is 5.69. The van der Waals surface area contributed by atoms with E-state index in [1.165, 1.54) is 0 Å². The molecule has 4 aromatic heterocycles. The van der Waals surface area contributed by atoms with Crippen LogP contribution in [0.1, 0.15) is 25.1 Å². The standard InChI is InChI=1S/C27H25N5/c1-17-5-4-6-24(31-17)25-14-23(22-11-12-30-26(22)32-25)20-13-19(15-29-16-20)18-7-9-21(10-8-18)27(2,3)28/h4-16H,28H2,1-3H3,(H,30,32). The van der Waals surface area contributed by atoms with Crippen molar-refractivity contribution in [1.29, 1.82) is 0 Å². The monoisotopic (exact) mass is 419 g/mol. The predicted octanol–water partition coefficient (Wildman–Crippen LogP) is 5.86. The molecule has 32 heavy (non-hydrogen) atoms. The average molecular weight is 420 g/mol. The molecule has 0 aliphatic heterocycles. The number of fused-ring (bicyclic) bond motifs is 1. The van der Waals surface area contributed by atoms with Gasteiger partial charge in [-0.25, -0.2) is 4.98 Å². The Morgan fingerprint density at radius 3 is 2.34 bits per heavy atom. The van der Waals surface area contributed by atoms with Gasteiger partial charge in [-0.05, 0) is 67.8 Å². The number of hydrogen-bond donors (Lipinski definition) is 2. The second kappa shape index (κ2) is 7.70. The number of rotatable bonds is 4. The fraction of sp³-hybridized carbons (Fsp3) is 0.148. The third kappa shape index (κ3) is 3.79. The number of aryl methyl sites for hydroxylation is 1.